The summed E-state index contributed by atoms with van der Waals surface area (Å²) in [5.74, 6) is 1.24. The number of benzene rings is 1. The van der Waals surface area contributed by atoms with E-state index in [-0.39, 0.29) is 5.02 Å². The fourth-order valence-electron chi connectivity index (χ4n) is 1.91. The molecule has 24 heavy (non-hydrogen) atoms. The van der Waals surface area contributed by atoms with Gasteiger partial charge in [0.25, 0.3) is 5.56 Å². The highest BCUT2D eigenvalue weighted by molar-refractivity contribution is 6.32. The van der Waals surface area contributed by atoms with E-state index in [0.717, 1.165) is 16.7 Å². The predicted molar refractivity (Wildman–Crippen MR) is 94.5 cm³/mol. The molecule has 1 heterocycles. The van der Waals surface area contributed by atoms with Gasteiger partial charge in [0.2, 0.25) is 0 Å². The van der Waals surface area contributed by atoms with Crippen molar-refractivity contribution in [3.63, 3.8) is 0 Å². The number of nitrogens with one attached hydrogen (secondary N) is 1. The van der Waals surface area contributed by atoms with Crippen molar-refractivity contribution < 1.29 is 9.47 Å². The molecule has 0 saturated carbocycles. The Morgan fingerprint density at radius 2 is 2.25 bits per heavy atom. The Balaban J connectivity index is 2.23. The molecule has 2 rings (SSSR count). The second-order valence-electron chi connectivity index (χ2n) is 4.90. The van der Waals surface area contributed by atoms with Crippen LogP contribution in [-0.4, -0.2) is 29.7 Å². The summed E-state index contributed by atoms with van der Waals surface area (Å²) in [7, 11) is 3.10. The highest BCUT2D eigenvalue weighted by Gasteiger charge is 2.09. The van der Waals surface area contributed by atoms with E-state index in [9.17, 15) is 4.79 Å². The number of halogens is 1. The summed E-state index contributed by atoms with van der Waals surface area (Å²) in [6, 6.07) is 5.51. The zero-order valence-electron chi connectivity index (χ0n) is 13.7. The standard InChI is InChI=1S/C16H19ClN4O3/c1-4-8-24-15-11(6-5-7-13(15)23-3)9-18-20-12-10-19-21(2)16(22)14(12)17/h5-7,9-10,20H,4,8H2,1-3H3/b18-9-. The van der Waals surface area contributed by atoms with E-state index in [2.05, 4.69) is 15.6 Å². The molecule has 2 aromatic rings. The number of nitrogens with zero attached hydrogens (tertiary/aromatic N) is 3. The van der Waals surface area contributed by atoms with E-state index >= 15 is 0 Å². The first kappa shape index (κ1) is 17.8. The molecule has 8 heteroatoms. The first-order chi connectivity index (χ1) is 11.6. The molecule has 0 unspecified atom stereocenters. The molecular weight excluding hydrogens is 332 g/mol. The third-order valence-electron chi connectivity index (χ3n) is 3.15. The molecule has 0 spiro atoms. The largest absolute Gasteiger partial charge is 0.493 e. The average Bonchev–Trinajstić information content (AvgIpc) is 2.60. The van der Waals surface area contributed by atoms with Crippen LogP contribution < -0.4 is 20.5 Å². The van der Waals surface area contributed by atoms with Crippen molar-refractivity contribution in [1.29, 1.82) is 0 Å². The highest BCUT2D eigenvalue weighted by Crippen LogP contribution is 2.30. The van der Waals surface area contributed by atoms with Crippen LogP contribution in [0.15, 0.2) is 34.3 Å². The van der Waals surface area contributed by atoms with E-state index in [1.54, 1.807) is 13.3 Å². The SMILES string of the molecule is CCCOc1c(/C=N\Nc2cnn(C)c(=O)c2Cl)cccc1OC. The maximum absolute atomic E-state index is 11.7. The van der Waals surface area contributed by atoms with Crippen molar-refractivity contribution in [3.05, 3.63) is 45.3 Å². The lowest BCUT2D eigenvalue weighted by molar-refractivity contribution is 0.294. The van der Waals surface area contributed by atoms with Crippen molar-refractivity contribution in [1.82, 2.24) is 9.78 Å². The van der Waals surface area contributed by atoms with Gasteiger partial charge in [-0.25, -0.2) is 4.68 Å². The molecule has 0 amide bonds. The van der Waals surface area contributed by atoms with Crippen molar-refractivity contribution in [2.75, 3.05) is 19.1 Å². The summed E-state index contributed by atoms with van der Waals surface area (Å²) in [4.78, 5) is 11.7. The summed E-state index contributed by atoms with van der Waals surface area (Å²) < 4.78 is 12.2. The minimum Gasteiger partial charge on any atom is -0.493 e. The van der Waals surface area contributed by atoms with Crippen molar-refractivity contribution in [2.24, 2.45) is 12.1 Å². The van der Waals surface area contributed by atoms with Gasteiger partial charge in [-0.2, -0.15) is 10.2 Å². The minimum atomic E-state index is -0.398. The Morgan fingerprint density at radius 1 is 1.46 bits per heavy atom. The van der Waals surface area contributed by atoms with Gasteiger partial charge in [0.05, 0.1) is 26.1 Å². The number of ether oxygens (including phenoxy) is 2. The molecule has 0 radical (unpaired) electrons. The Bertz CT molecular complexity index is 789. The van der Waals surface area contributed by atoms with Gasteiger partial charge in [-0.15, -0.1) is 0 Å². The van der Waals surface area contributed by atoms with Crippen LogP contribution in [0.25, 0.3) is 0 Å². The third-order valence-corrected chi connectivity index (χ3v) is 3.51. The molecule has 7 nitrogen and oxygen atoms in total. The van der Waals surface area contributed by atoms with Gasteiger partial charge in [0, 0.05) is 12.6 Å². The summed E-state index contributed by atoms with van der Waals surface area (Å²) in [5, 5.41) is 8.02. The fraction of sp³-hybridized carbons (Fsp3) is 0.312. The third kappa shape index (κ3) is 4.05. The number of para-hydroxylation sites is 1. The Morgan fingerprint density at radius 3 is 2.96 bits per heavy atom. The lowest BCUT2D eigenvalue weighted by Crippen LogP contribution is -2.20. The van der Waals surface area contributed by atoms with Crippen LogP contribution in [0.3, 0.4) is 0 Å². The first-order valence-electron chi connectivity index (χ1n) is 7.39. The molecule has 0 fully saturated rings. The summed E-state index contributed by atoms with van der Waals surface area (Å²) in [5.41, 5.74) is 3.39. The fourth-order valence-corrected chi connectivity index (χ4v) is 2.13. The van der Waals surface area contributed by atoms with Crippen LogP contribution in [0, 0.1) is 0 Å². The normalized spacial score (nSPS) is 10.8. The van der Waals surface area contributed by atoms with Gasteiger partial charge in [-0.05, 0) is 18.6 Å². The van der Waals surface area contributed by atoms with Crippen molar-refractivity contribution in [3.8, 4) is 11.5 Å². The van der Waals surface area contributed by atoms with Crippen molar-refractivity contribution >= 4 is 23.5 Å². The zero-order chi connectivity index (χ0) is 17.5. The van der Waals surface area contributed by atoms with Crippen LogP contribution in [0.5, 0.6) is 11.5 Å². The summed E-state index contributed by atoms with van der Waals surface area (Å²) >= 11 is 5.97. The Labute approximate surface area is 144 Å². The highest BCUT2D eigenvalue weighted by atomic mass is 35.5. The molecule has 0 aliphatic rings. The zero-order valence-corrected chi connectivity index (χ0v) is 14.5. The number of aromatic nitrogens is 2. The van der Waals surface area contributed by atoms with Crippen LogP contribution in [-0.2, 0) is 7.05 Å². The Kier molecular flexibility index (Phi) is 6.20. The predicted octanol–water partition coefficient (Wildman–Crippen LogP) is 2.68. The number of hydrazone groups is 1. The van der Waals surface area contributed by atoms with Gasteiger partial charge >= 0.3 is 0 Å². The Hall–Kier alpha value is -2.54. The molecular formula is C16H19ClN4O3. The molecule has 128 valence electrons. The lowest BCUT2D eigenvalue weighted by Gasteiger charge is -2.12. The van der Waals surface area contributed by atoms with Gasteiger partial charge in [0.15, 0.2) is 11.5 Å². The van der Waals surface area contributed by atoms with Crippen LogP contribution in [0.1, 0.15) is 18.9 Å². The van der Waals surface area contributed by atoms with Gasteiger partial charge in [0.1, 0.15) is 10.7 Å². The monoisotopic (exact) mass is 350 g/mol. The molecule has 0 aliphatic heterocycles. The van der Waals surface area contributed by atoms with E-state index in [1.165, 1.54) is 13.2 Å². The molecule has 0 saturated heterocycles. The van der Waals surface area contributed by atoms with Crippen LogP contribution >= 0.6 is 11.6 Å². The number of hydrogen-bond donors (Lipinski definition) is 1. The maximum Gasteiger partial charge on any atom is 0.287 e. The minimum absolute atomic E-state index is 0.0257. The number of hydrogen-bond acceptors (Lipinski definition) is 6. The first-order valence-corrected chi connectivity index (χ1v) is 7.77. The van der Waals surface area contributed by atoms with E-state index in [0.29, 0.717) is 23.8 Å². The summed E-state index contributed by atoms with van der Waals surface area (Å²) in [6.07, 6.45) is 3.88. The van der Waals surface area contributed by atoms with Gasteiger partial charge < -0.3 is 9.47 Å². The second-order valence-corrected chi connectivity index (χ2v) is 5.28. The topological polar surface area (TPSA) is 77.7 Å². The molecule has 0 bridgehead atoms. The maximum atomic E-state index is 11.7. The van der Waals surface area contributed by atoms with E-state index in [4.69, 9.17) is 21.1 Å². The van der Waals surface area contributed by atoms with Gasteiger partial charge in [-0.3, -0.25) is 10.2 Å². The lowest BCUT2D eigenvalue weighted by atomic mass is 10.2. The van der Waals surface area contributed by atoms with E-state index < -0.39 is 5.56 Å². The average molecular weight is 351 g/mol. The second kappa shape index (κ2) is 8.35. The number of rotatable bonds is 7. The van der Waals surface area contributed by atoms with E-state index in [1.807, 2.05) is 25.1 Å². The molecule has 1 N–H and O–H groups in total. The van der Waals surface area contributed by atoms with Crippen molar-refractivity contribution in [2.45, 2.75) is 13.3 Å². The number of methoxy groups -OCH3 is 1. The smallest absolute Gasteiger partial charge is 0.287 e. The molecule has 1 aromatic carbocycles. The number of aryl methyl sites for hydroxylation is 1. The molecule has 1 aromatic heterocycles. The quantitative estimate of drug-likeness (QED) is 0.613. The van der Waals surface area contributed by atoms with Gasteiger partial charge in [-0.1, -0.05) is 24.6 Å². The van der Waals surface area contributed by atoms with Crippen LogP contribution in [0.4, 0.5) is 5.69 Å². The molecule has 0 aliphatic carbocycles. The molecule has 0 atom stereocenters. The number of anilines is 1. The summed E-state index contributed by atoms with van der Waals surface area (Å²) in [6.45, 7) is 2.59. The van der Waals surface area contributed by atoms with Crippen LogP contribution in [0.2, 0.25) is 5.02 Å².